The maximum atomic E-state index is 12.2. The van der Waals surface area contributed by atoms with E-state index in [1.165, 1.54) is 12.1 Å². The monoisotopic (exact) mass is 355 g/mol. The SMILES string of the molecule is Cc1cccc(OCCCCN2C(=O)COc3cc(C(=O)O)ccc32)c1. The summed E-state index contributed by atoms with van der Waals surface area (Å²) < 4.78 is 11.1. The number of hydrogen-bond acceptors (Lipinski definition) is 4. The van der Waals surface area contributed by atoms with Crippen LogP contribution in [0.3, 0.4) is 0 Å². The highest BCUT2D eigenvalue weighted by atomic mass is 16.5. The normalized spacial score (nSPS) is 13.1. The molecule has 0 spiro atoms. The molecule has 0 unspecified atom stereocenters. The van der Waals surface area contributed by atoms with Crippen molar-refractivity contribution in [2.24, 2.45) is 0 Å². The lowest BCUT2D eigenvalue weighted by Gasteiger charge is -2.29. The van der Waals surface area contributed by atoms with Crippen LogP contribution in [0, 0.1) is 6.92 Å². The number of fused-ring (bicyclic) bond motifs is 1. The number of hydrogen-bond donors (Lipinski definition) is 1. The second-order valence-electron chi connectivity index (χ2n) is 6.19. The molecule has 6 heteroatoms. The third-order valence-corrected chi connectivity index (χ3v) is 4.18. The number of nitrogens with zero attached hydrogens (tertiary/aromatic N) is 1. The van der Waals surface area contributed by atoms with Crippen LogP contribution in [0.4, 0.5) is 5.69 Å². The van der Waals surface area contributed by atoms with Gasteiger partial charge in [0.25, 0.3) is 5.91 Å². The van der Waals surface area contributed by atoms with Crippen LogP contribution in [0.15, 0.2) is 42.5 Å². The van der Waals surface area contributed by atoms with E-state index in [1.807, 2.05) is 31.2 Å². The van der Waals surface area contributed by atoms with E-state index < -0.39 is 5.97 Å². The number of unbranched alkanes of at least 4 members (excludes halogenated alkanes) is 1. The molecule has 6 nitrogen and oxygen atoms in total. The van der Waals surface area contributed by atoms with Crippen LogP contribution < -0.4 is 14.4 Å². The van der Waals surface area contributed by atoms with Gasteiger partial charge < -0.3 is 19.5 Å². The van der Waals surface area contributed by atoms with Crippen molar-refractivity contribution in [2.45, 2.75) is 19.8 Å². The van der Waals surface area contributed by atoms with Crippen LogP contribution in [0.25, 0.3) is 0 Å². The largest absolute Gasteiger partial charge is 0.494 e. The number of carboxylic acids is 1. The second kappa shape index (κ2) is 7.91. The van der Waals surface area contributed by atoms with Gasteiger partial charge in [-0.3, -0.25) is 4.79 Å². The number of benzene rings is 2. The van der Waals surface area contributed by atoms with Gasteiger partial charge in [0.2, 0.25) is 0 Å². The number of carbonyl (C=O) groups excluding carboxylic acids is 1. The summed E-state index contributed by atoms with van der Waals surface area (Å²) >= 11 is 0. The Morgan fingerprint density at radius 3 is 2.85 bits per heavy atom. The predicted octanol–water partition coefficient (Wildman–Crippen LogP) is 3.28. The van der Waals surface area contributed by atoms with E-state index in [0.717, 1.165) is 24.2 Å². The van der Waals surface area contributed by atoms with Gasteiger partial charge in [-0.25, -0.2) is 4.79 Å². The average molecular weight is 355 g/mol. The van der Waals surface area contributed by atoms with Gasteiger partial charge in [-0.2, -0.15) is 0 Å². The molecular formula is C20H21NO5. The van der Waals surface area contributed by atoms with Crippen LogP contribution in [0.5, 0.6) is 11.5 Å². The molecule has 1 amide bonds. The zero-order valence-corrected chi connectivity index (χ0v) is 14.6. The number of aryl methyl sites for hydroxylation is 1. The molecule has 2 aromatic rings. The number of carboxylic acid groups (broad SMARTS) is 1. The van der Waals surface area contributed by atoms with Gasteiger partial charge in [0.15, 0.2) is 6.61 Å². The highest BCUT2D eigenvalue weighted by Crippen LogP contribution is 2.33. The average Bonchev–Trinajstić information content (AvgIpc) is 2.62. The second-order valence-corrected chi connectivity index (χ2v) is 6.19. The minimum atomic E-state index is -1.02. The van der Waals surface area contributed by atoms with Crippen molar-refractivity contribution in [3.05, 3.63) is 53.6 Å². The molecule has 0 atom stereocenters. The van der Waals surface area contributed by atoms with E-state index in [1.54, 1.807) is 11.0 Å². The van der Waals surface area contributed by atoms with Gasteiger partial charge in [0.1, 0.15) is 11.5 Å². The first-order valence-electron chi connectivity index (χ1n) is 8.54. The summed E-state index contributed by atoms with van der Waals surface area (Å²) in [5.74, 6) is 0.132. The van der Waals surface area contributed by atoms with E-state index >= 15 is 0 Å². The molecule has 0 bridgehead atoms. The zero-order valence-electron chi connectivity index (χ0n) is 14.6. The van der Waals surface area contributed by atoms with Gasteiger partial charge >= 0.3 is 5.97 Å². The summed E-state index contributed by atoms with van der Waals surface area (Å²) in [6.07, 6.45) is 1.58. The van der Waals surface area contributed by atoms with Gasteiger partial charge in [-0.15, -0.1) is 0 Å². The van der Waals surface area contributed by atoms with Crippen LogP contribution in [0.2, 0.25) is 0 Å². The van der Waals surface area contributed by atoms with E-state index in [-0.39, 0.29) is 18.1 Å². The van der Waals surface area contributed by atoms with E-state index in [2.05, 4.69) is 0 Å². The minimum Gasteiger partial charge on any atom is -0.494 e. The molecule has 0 saturated carbocycles. The van der Waals surface area contributed by atoms with Crippen molar-refractivity contribution < 1.29 is 24.2 Å². The van der Waals surface area contributed by atoms with Gasteiger partial charge in [-0.05, 0) is 55.7 Å². The van der Waals surface area contributed by atoms with Crippen LogP contribution in [0.1, 0.15) is 28.8 Å². The van der Waals surface area contributed by atoms with E-state index in [0.29, 0.717) is 24.6 Å². The summed E-state index contributed by atoms with van der Waals surface area (Å²) in [7, 11) is 0. The molecule has 0 saturated heterocycles. The summed E-state index contributed by atoms with van der Waals surface area (Å²) in [6, 6.07) is 12.5. The molecule has 2 aromatic carbocycles. The smallest absolute Gasteiger partial charge is 0.335 e. The highest BCUT2D eigenvalue weighted by Gasteiger charge is 2.25. The Morgan fingerprint density at radius 1 is 1.23 bits per heavy atom. The molecule has 0 fully saturated rings. The summed E-state index contributed by atoms with van der Waals surface area (Å²) in [5.41, 5.74) is 1.91. The Morgan fingerprint density at radius 2 is 2.08 bits per heavy atom. The van der Waals surface area contributed by atoms with Crippen LogP contribution in [-0.2, 0) is 4.79 Å². The van der Waals surface area contributed by atoms with Crippen LogP contribution in [-0.4, -0.2) is 36.7 Å². The summed E-state index contributed by atoms with van der Waals surface area (Å²) in [4.78, 5) is 24.9. The van der Waals surface area contributed by atoms with Crippen molar-refractivity contribution >= 4 is 17.6 Å². The molecule has 1 aliphatic rings. The third kappa shape index (κ3) is 4.14. The van der Waals surface area contributed by atoms with Crippen molar-refractivity contribution in [3.63, 3.8) is 0 Å². The summed E-state index contributed by atoms with van der Waals surface area (Å²) in [5, 5.41) is 9.07. The fourth-order valence-electron chi connectivity index (χ4n) is 2.85. The predicted molar refractivity (Wildman–Crippen MR) is 97.2 cm³/mol. The lowest BCUT2D eigenvalue weighted by Crippen LogP contribution is -2.39. The number of amides is 1. The third-order valence-electron chi connectivity index (χ3n) is 4.18. The van der Waals surface area contributed by atoms with Crippen LogP contribution >= 0.6 is 0 Å². The minimum absolute atomic E-state index is 0.0735. The van der Waals surface area contributed by atoms with Crippen molar-refractivity contribution in [2.75, 3.05) is 24.7 Å². The first kappa shape index (κ1) is 17.8. The molecule has 26 heavy (non-hydrogen) atoms. The molecule has 0 aliphatic carbocycles. The van der Waals surface area contributed by atoms with Crippen molar-refractivity contribution in [1.82, 2.24) is 0 Å². The molecule has 1 N–H and O–H groups in total. The molecule has 1 heterocycles. The maximum absolute atomic E-state index is 12.2. The van der Waals surface area contributed by atoms with E-state index in [9.17, 15) is 9.59 Å². The molecule has 136 valence electrons. The van der Waals surface area contributed by atoms with Gasteiger partial charge in [-0.1, -0.05) is 12.1 Å². The number of anilines is 1. The fourth-order valence-corrected chi connectivity index (χ4v) is 2.85. The molecule has 0 aromatic heterocycles. The molecule has 0 radical (unpaired) electrons. The van der Waals surface area contributed by atoms with Gasteiger partial charge in [0.05, 0.1) is 17.9 Å². The Bertz CT molecular complexity index is 818. The molecule has 1 aliphatic heterocycles. The van der Waals surface area contributed by atoms with E-state index in [4.69, 9.17) is 14.6 Å². The molecular weight excluding hydrogens is 334 g/mol. The number of rotatable bonds is 7. The first-order chi connectivity index (χ1) is 12.5. The van der Waals surface area contributed by atoms with Crippen molar-refractivity contribution in [3.8, 4) is 11.5 Å². The zero-order chi connectivity index (χ0) is 18.5. The number of ether oxygens (including phenoxy) is 2. The highest BCUT2D eigenvalue weighted by molar-refractivity contribution is 5.99. The number of carbonyl (C=O) groups is 2. The lowest BCUT2D eigenvalue weighted by atomic mass is 10.1. The van der Waals surface area contributed by atoms with Crippen molar-refractivity contribution in [1.29, 1.82) is 0 Å². The fraction of sp³-hybridized carbons (Fsp3) is 0.300. The Kier molecular flexibility index (Phi) is 5.41. The topological polar surface area (TPSA) is 76.1 Å². The number of aromatic carboxylic acids is 1. The summed E-state index contributed by atoms with van der Waals surface area (Å²) in [6.45, 7) is 3.06. The standard InChI is InChI=1S/C20H21NO5/c1-14-5-4-6-16(11-14)25-10-3-2-9-21-17-8-7-15(20(23)24)12-18(17)26-13-19(21)22/h4-8,11-12H,2-3,9-10,13H2,1H3,(H,23,24). The Balaban J connectivity index is 1.55. The van der Waals surface area contributed by atoms with Gasteiger partial charge in [0, 0.05) is 6.54 Å². The lowest BCUT2D eigenvalue weighted by molar-refractivity contribution is -0.121. The Hall–Kier alpha value is -3.02. The maximum Gasteiger partial charge on any atom is 0.335 e. The Labute approximate surface area is 152 Å². The molecule has 3 rings (SSSR count). The quantitative estimate of drug-likeness (QED) is 0.772. The first-order valence-corrected chi connectivity index (χ1v) is 8.54.